The van der Waals surface area contributed by atoms with Gasteiger partial charge >= 0.3 is 11.9 Å². The lowest BCUT2D eigenvalue weighted by atomic mass is 9.97. The minimum atomic E-state index is -4.51. The van der Waals surface area contributed by atoms with Crippen LogP contribution in [0.5, 0.6) is 11.5 Å². The molecule has 45 heavy (non-hydrogen) atoms. The fourth-order valence-corrected chi connectivity index (χ4v) is 5.28. The van der Waals surface area contributed by atoms with Crippen LogP contribution in [0.1, 0.15) is 45.1 Å². The van der Waals surface area contributed by atoms with E-state index < -0.39 is 33.1 Å². The standard InChI is InChI=1S/C33H30N4O7S/c1-22-12-13-27(24-9-5-4-8-23(22)24)43-30(38)16-18-32(2,20-34)36-37-33(3,21-35)19-17-31(39)44-28-14-15-29(45(40,41)42)26-11-7-6-10-25(26)28/h4-15H,16-19H2,1-3H3,(H,40,41,42). The molecule has 4 rings (SSSR count). The first-order chi connectivity index (χ1) is 21.3. The van der Waals surface area contributed by atoms with Crippen molar-refractivity contribution >= 4 is 43.6 Å². The number of hydrogen-bond acceptors (Lipinski definition) is 10. The second kappa shape index (κ2) is 13.2. The van der Waals surface area contributed by atoms with Gasteiger partial charge in [0.1, 0.15) is 16.4 Å². The molecule has 0 saturated heterocycles. The van der Waals surface area contributed by atoms with Crippen LogP contribution in [0.4, 0.5) is 0 Å². The number of benzene rings is 4. The van der Waals surface area contributed by atoms with Gasteiger partial charge in [-0.2, -0.15) is 29.2 Å². The monoisotopic (exact) mass is 626 g/mol. The number of azo groups is 1. The van der Waals surface area contributed by atoms with Gasteiger partial charge in [0.2, 0.25) is 0 Å². The van der Waals surface area contributed by atoms with Crippen molar-refractivity contribution in [3.63, 3.8) is 0 Å². The van der Waals surface area contributed by atoms with E-state index in [1.807, 2.05) is 49.4 Å². The molecule has 2 atom stereocenters. The maximum absolute atomic E-state index is 12.7. The Bertz CT molecular complexity index is 2010. The third-order valence-corrected chi connectivity index (χ3v) is 8.19. The normalized spacial score (nSPS) is 14.3. The van der Waals surface area contributed by atoms with Crippen LogP contribution >= 0.6 is 0 Å². The Labute approximate surface area is 260 Å². The van der Waals surface area contributed by atoms with Gasteiger partial charge in [-0.05, 0) is 62.8 Å². The van der Waals surface area contributed by atoms with Crippen molar-refractivity contribution in [3.8, 4) is 23.6 Å². The zero-order valence-corrected chi connectivity index (χ0v) is 25.7. The molecular formula is C33H30N4O7S. The van der Waals surface area contributed by atoms with Crippen molar-refractivity contribution in [2.75, 3.05) is 0 Å². The van der Waals surface area contributed by atoms with E-state index in [1.54, 1.807) is 24.3 Å². The average Bonchev–Trinajstić information content (AvgIpc) is 3.03. The highest BCUT2D eigenvalue weighted by atomic mass is 32.2. The van der Waals surface area contributed by atoms with Crippen LogP contribution in [0.2, 0.25) is 0 Å². The number of nitriles is 2. The Kier molecular flexibility index (Phi) is 9.62. The van der Waals surface area contributed by atoms with Gasteiger partial charge in [-0.15, -0.1) is 0 Å². The molecule has 4 aromatic carbocycles. The van der Waals surface area contributed by atoms with E-state index in [0.29, 0.717) is 11.1 Å². The molecule has 1 N–H and O–H groups in total. The van der Waals surface area contributed by atoms with Crippen LogP contribution in [-0.2, 0) is 19.7 Å². The Hall–Kier alpha value is -5.17. The number of esters is 2. The lowest BCUT2D eigenvalue weighted by molar-refractivity contribution is -0.135. The largest absolute Gasteiger partial charge is 0.426 e. The van der Waals surface area contributed by atoms with Crippen LogP contribution in [-0.4, -0.2) is 36.0 Å². The molecule has 0 aromatic heterocycles. The molecule has 0 radical (unpaired) electrons. The fourth-order valence-electron chi connectivity index (χ4n) is 4.58. The molecule has 0 heterocycles. The smallest absolute Gasteiger partial charge is 0.311 e. The summed E-state index contributed by atoms with van der Waals surface area (Å²) in [5.41, 5.74) is -1.89. The number of hydrogen-bond donors (Lipinski definition) is 1. The van der Waals surface area contributed by atoms with Crippen LogP contribution in [0.15, 0.2) is 87.9 Å². The molecule has 0 aliphatic rings. The number of carbonyl (C=O) groups excluding carboxylic acids is 2. The van der Waals surface area contributed by atoms with Crippen molar-refractivity contribution in [2.24, 2.45) is 10.2 Å². The number of carbonyl (C=O) groups is 2. The molecule has 0 fully saturated rings. The summed E-state index contributed by atoms with van der Waals surface area (Å²) in [5, 5.41) is 30.0. The topological polar surface area (TPSA) is 179 Å². The van der Waals surface area contributed by atoms with Crippen LogP contribution < -0.4 is 9.47 Å². The Morgan fingerprint density at radius 2 is 1.16 bits per heavy atom. The van der Waals surface area contributed by atoms with Gasteiger partial charge in [0.25, 0.3) is 10.1 Å². The third kappa shape index (κ3) is 7.87. The number of ether oxygens (including phenoxy) is 2. The van der Waals surface area contributed by atoms with Crippen LogP contribution in [0, 0.1) is 29.6 Å². The maximum Gasteiger partial charge on any atom is 0.311 e. The van der Waals surface area contributed by atoms with Crippen molar-refractivity contribution in [2.45, 2.75) is 62.4 Å². The fraction of sp³-hybridized carbons (Fsp3) is 0.273. The van der Waals surface area contributed by atoms with Crippen molar-refractivity contribution in [3.05, 3.63) is 78.4 Å². The van der Waals surface area contributed by atoms with E-state index in [0.717, 1.165) is 22.4 Å². The molecule has 0 saturated carbocycles. The third-order valence-electron chi connectivity index (χ3n) is 7.28. The molecule has 4 aromatic rings. The van der Waals surface area contributed by atoms with Crippen molar-refractivity contribution in [1.82, 2.24) is 0 Å². The maximum atomic E-state index is 12.7. The second-order valence-corrected chi connectivity index (χ2v) is 12.3. The van der Waals surface area contributed by atoms with E-state index in [-0.39, 0.29) is 41.7 Å². The molecule has 0 spiro atoms. The Morgan fingerprint density at radius 3 is 1.62 bits per heavy atom. The van der Waals surface area contributed by atoms with Gasteiger partial charge in [0, 0.05) is 29.0 Å². The van der Waals surface area contributed by atoms with Gasteiger partial charge in [0.05, 0.1) is 12.1 Å². The molecule has 2 unspecified atom stereocenters. The predicted molar refractivity (Wildman–Crippen MR) is 165 cm³/mol. The summed E-state index contributed by atoms with van der Waals surface area (Å²) < 4.78 is 44.0. The first-order valence-corrected chi connectivity index (χ1v) is 15.4. The molecule has 12 heteroatoms. The molecule has 0 amide bonds. The molecule has 11 nitrogen and oxygen atoms in total. The molecule has 0 aliphatic heterocycles. The molecule has 0 aliphatic carbocycles. The first-order valence-electron chi connectivity index (χ1n) is 13.9. The quantitative estimate of drug-likeness (QED) is 0.0826. The molecule has 230 valence electrons. The zero-order valence-electron chi connectivity index (χ0n) is 24.9. The lowest BCUT2D eigenvalue weighted by Gasteiger charge is -2.19. The average molecular weight is 627 g/mol. The zero-order chi connectivity index (χ0) is 32.8. The van der Waals surface area contributed by atoms with E-state index in [1.165, 1.54) is 26.0 Å². The summed E-state index contributed by atoms with van der Waals surface area (Å²) >= 11 is 0. The predicted octanol–water partition coefficient (Wildman–Crippen LogP) is 6.64. The number of rotatable bonds is 11. The van der Waals surface area contributed by atoms with E-state index in [9.17, 15) is 33.1 Å². The van der Waals surface area contributed by atoms with Crippen molar-refractivity contribution in [1.29, 1.82) is 10.5 Å². The van der Waals surface area contributed by atoms with Gasteiger partial charge in [0.15, 0.2) is 11.1 Å². The van der Waals surface area contributed by atoms with Gasteiger partial charge in [-0.1, -0.05) is 54.6 Å². The summed E-state index contributed by atoms with van der Waals surface area (Å²) in [6, 6.07) is 23.8. The number of nitrogens with zero attached hydrogens (tertiary/aromatic N) is 4. The van der Waals surface area contributed by atoms with E-state index in [2.05, 4.69) is 10.2 Å². The van der Waals surface area contributed by atoms with E-state index >= 15 is 0 Å². The number of fused-ring (bicyclic) bond motifs is 2. The highest BCUT2D eigenvalue weighted by molar-refractivity contribution is 7.86. The van der Waals surface area contributed by atoms with Crippen LogP contribution in [0.25, 0.3) is 21.5 Å². The summed E-state index contributed by atoms with van der Waals surface area (Å²) in [7, 11) is -4.51. The van der Waals surface area contributed by atoms with Crippen LogP contribution in [0.3, 0.4) is 0 Å². The van der Waals surface area contributed by atoms with Gasteiger partial charge < -0.3 is 9.47 Å². The minimum absolute atomic E-state index is 0.0220. The summed E-state index contributed by atoms with van der Waals surface area (Å²) in [5.74, 6) is -0.784. The minimum Gasteiger partial charge on any atom is -0.426 e. The van der Waals surface area contributed by atoms with Gasteiger partial charge in [-0.25, -0.2) is 0 Å². The summed E-state index contributed by atoms with van der Waals surface area (Å²) in [4.78, 5) is 25.1. The molecule has 0 bridgehead atoms. The number of aryl methyl sites for hydroxylation is 1. The lowest BCUT2D eigenvalue weighted by Crippen LogP contribution is -2.26. The Balaban J connectivity index is 1.38. The summed E-state index contributed by atoms with van der Waals surface area (Å²) in [6.45, 7) is 4.90. The SMILES string of the molecule is Cc1ccc(OC(=O)CCC(C)(C#N)N=NC(C)(C#N)CCC(=O)Oc2ccc(S(=O)(=O)O)c3ccccc23)c2ccccc12. The first kappa shape index (κ1) is 32.7. The second-order valence-electron chi connectivity index (χ2n) is 10.9. The van der Waals surface area contributed by atoms with Gasteiger partial charge in [-0.3, -0.25) is 14.1 Å². The highest BCUT2D eigenvalue weighted by Crippen LogP contribution is 2.32. The highest BCUT2D eigenvalue weighted by Gasteiger charge is 2.30. The van der Waals surface area contributed by atoms with E-state index in [4.69, 9.17) is 9.47 Å². The van der Waals surface area contributed by atoms with Crippen molar-refractivity contribution < 1.29 is 32.0 Å². The molecular weight excluding hydrogens is 596 g/mol. The summed E-state index contributed by atoms with van der Waals surface area (Å²) in [6.07, 6.45) is -0.508. The Morgan fingerprint density at radius 1 is 0.733 bits per heavy atom.